The van der Waals surface area contributed by atoms with Crippen LogP contribution < -0.4 is 10.6 Å². The van der Waals surface area contributed by atoms with E-state index in [9.17, 15) is 9.18 Å². The number of nitrogens with zero attached hydrogens (tertiary/aromatic N) is 4. The molecule has 2 aromatic carbocycles. The van der Waals surface area contributed by atoms with Gasteiger partial charge in [-0.1, -0.05) is 37.6 Å². The lowest BCUT2D eigenvalue weighted by Crippen LogP contribution is -2.29. The Bertz CT molecular complexity index is 1260. The number of rotatable bonds is 7. The van der Waals surface area contributed by atoms with Crippen LogP contribution in [0, 0.1) is 5.82 Å². The molecule has 0 aliphatic heterocycles. The number of fused-ring (bicyclic) bond motifs is 1. The first-order chi connectivity index (χ1) is 15.4. The molecule has 2 N–H and O–H groups in total. The second kappa shape index (κ2) is 9.32. The number of hydrogen-bond acceptors (Lipinski definition) is 5. The predicted molar refractivity (Wildman–Crippen MR) is 123 cm³/mol. The van der Waals surface area contributed by atoms with Gasteiger partial charge in [0, 0.05) is 24.6 Å². The molecule has 9 heteroatoms. The fraction of sp³-hybridized carbons (Fsp3) is 0.217. The van der Waals surface area contributed by atoms with Gasteiger partial charge < -0.3 is 10.6 Å². The average Bonchev–Trinajstić information content (AvgIpc) is 3.21. The van der Waals surface area contributed by atoms with Crippen LogP contribution in [0.25, 0.3) is 16.7 Å². The summed E-state index contributed by atoms with van der Waals surface area (Å²) in [4.78, 5) is 21.6. The molecule has 4 rings (SSSR count). The second-order valence-electron chi connectivity index (χ2n) is 7.52. The Labute approximate surface area is 189 Å². The third-order valence-corrected chi connectivity index (χ3v) is 5.17. The van der Waals surface area contributed by atoms with Crippen LogP contribution in [0.1, 0.15) is 35.9 Å². The van der Waals surface area contributed by atoms with Crippen molar-refractivity contribution in [2.24, 2.45) is 0 Å². The van der Waals surface area contributed by atoms with E-state index >= 15 is 0 Å². The van der Waals surface area contributed by atoms with Crippen molar-refractivity contribution in [3.05, 3.63) is 77.0 Å². The van der Waals surface area contributed by atoms with Crippen molar-refractivity contribution in [3.8, 4) is 5.69 Å². The van der Waals surface area contributed by atoms with Crippen molar-refractivity contribution < 1.29 is 9.18 Å². The van der Waals surface area contributed by atoms with Crippen LogP contribution >= 0.6 is 11.6 Å². The van der Waals surface area contributed by atoms with E-state index in [1.807, 2.05) is 32.0 Å². The monoisotopic (exact) mass is 452 g/mol. The molecule has 1 amide bonds. The third-order valence-electron chi connectivity index (χ3n) is 4.85. The molecule has 0 radical (unpaired) electrons. The molecule has 0 saturated heterocycles. The van der Waals surface area contributed by atoms with Crippen molar-refractivity contribution >= 4 is 34.4 Å². The number of hydrogen-bond donors (Lipinski definition) is 2. The molecule has 2 heterocycles. The highest BCUT2D eigenvalue weighted by Gasteiger charge is 2.17. The number of anilines is 1. The summed E-state index contributed by atoms with van der Waals surface area (Å²) in [6.07, 6.45) is 1.70. The number of amides is 1. The average molecular weight is 453 g/mol. The van der Waals surface area contributed by atoms with E-state index in [0.717, 1.165) is 11.1 Å². The Hall–Kier alpha value is -3.52. The molecule has 32 heavy (non-hydrogen) atoms. The van der Waals surface area contributed by atoms with E-state index in [2.05, 4.69) is 20.7 Å². The zero-order valence-electron chi connectivity index (χ0n) is 17.6. The highest BCUT2D eigenvalue weighted by atomic mass is 35.5. The zero-order valence-corrected chi connectivity index (χ0v) is 18.4. The first-order valence-electron chi connectivity index (χ1n) is 10.2. The molecule has 0 aliphatic rings. The number of benzene rings is 2. The molecule has 0 aliphatic carbocycles. The smallest absolute Gasteiger partial charge is 0.251 e. The fourth-order valence-corrected chi connectivity index (χ4v) is 3.39. The number of para-hydroxylation sites is 1. The molecule has 164 valence electrons. The maximum atomic E-state index is 13.0. The van der Waals surface area contributed by atoms with Gasteiger partial charge in [-0.25, -0.2) is 19.0 Å². The third kappa shape index (κ3) is 4.55. The Morgan fingerprint density at radius 2 is 1.84 bits per heavy atom. The summed E-state index contributed by atoms with van der Waals surface area (Å²) >= 11 is 6.37. The number of carbonyl (C=O) groups is 1. The van der Waals surface area contributed by atoms with Gasteiger partial charge in [-0.15, -0.1) is 0 Å². The Morgan fingerprint density at radius 1 is 1.09 bits per heavy atom. The highest BCUT2D eigenvalue weighted by molar-refractivity contribution is 6.32. The van der Waals surface area contributed by atoms with Gasteiger partial charge in [0.25, 0.3) is 5.91 Å². The van der Waals surface area contributed by atoms with E-state index in [4.69, 9.17) is 16.6 Å². The summed E-state index contributed by atoms with van der Waals surface area (Å²) in [5.41, 5.74) is 1.78. The minimum Gasteiger partial charge on any atom is -0.368 e. The number of halogens is 2. The van der Waals surface area contributed by atoms with Gasteiger partial charge in [0.2, 0.25) is 0 Å². The maximum absolute atomic E-state index is 13.0. The van der Waals surface area contributed by atoms with Crippen molar-refractivity contribution in [1.82, 2.24) is 25.1 Å². The Kier molecular flexibility index (Phi) is 6.32. The largest absolute Gasteiger partial charge is 0.368 e. The van der Waals surface area contributed by atoms with Crippen molar-refractivity contribution in [2.75, 3.05) is 18.4 Å². The molecule has 7 nitrogen and oxygen atoms in total. The van der Waals surface area contributed by atoms with E-state index in [0.29, 0.717) is 41.0 Å². The summed E-state index contributed by atoms with van der Waals surface area (Å²) in [5, 5.41) is 11.9. The zero-order chi connectivity index (χ0) is 22.7. The molecule has 0 unspecified atom stereocenters. The molecule has 0 spiro atoms. The van der Waals surface area contributed by atoms with E-state index in [-0.39, 0.29) is 17.6 Å². The van der Waals surface area contributed by atoms with Crippen LogP contribution in [0.3, 0.4) is 0 Å². The van der Waals surface area contributed by atoms with Crippen LogP contribution in [-0.4, -0.2) is 38.7 Å². The quantitative estimate of drug-likeness (QED) is 0.401. The number of nitrogens with one attached hydrogen (secondary N) is 2. The van der Waals surface area contributed by atoms with E-state index in [1.54, 1.807) is 16.9 Å². The molecule has 0 fully saturated rings. The van der Waals surface area contributed by atoms with Gasteiger partial charge in [0.1, 0.15) is 17.5 Å². The van der Waals surface area contributed by atoms with Crippen molar-refractivity contribution in [3.63, 3.8) is 0 Å². The van der Waals surface area contributed by atoms with Gasteiger partial charge in [-0.3, -0.25) is 4.79 Å². The second-order valence-corrected chi connectivity index (χ2v) is 7.93. The lowest BCUT2D eigenvalue weighted by atomic mass is 10.2. The molecule has 4 aromatic rings. The van der Waals surface area contributed by atoms with Crippen molar-refractivity contribution in [2.45, 2.75) is 19.8 Å². The minimum atomic E-state index is -0.380. The summed E-state index contributed by atoms with van der Waals surface area (Å²) in [6.45, 7) is 4.83. The van der Waals surface area contributed by atoms with Crippen LogP contribution in [-0.2, 0) is 0 Å². The summed E-state index contributed by atoms with van der Waals surface area (Å²) in [7, 11) is 0. The predicted octanol–water partition coefficient (Wildman–Crippen LogP) is 4.57. The van der Waals surface area contributed by atoms with E-state index < -0.39 is 0 Å². The fourth-order valence-electron chi connectivity index (χ4n) is 3.18. The Balaban J connectivity index is 1.54. The standard InChI is InChI=1S/C23H22ClFN6O/c1-14(2)20-29-21(26-11-12-27-23(32)15-7-9-16(25)10-8-15)17-13-28-31(22(17)30-20)19-6-4-3-5-18(19)24/h3-10,13-14H,11-12H2,1-2H3,(H,27,32)(H,26,29,30). The van der Waals surface area contributed by atoms with Crippen LogP contribution in [0.2, 0.25) is 5.02 Å². The first kappa shape index (κ1) is 21.7. The molecule has 0 atom stereocenters. The van der Waals surface area contributed by atoms with Crippen molar-refractivity contribution in [1.29, 1.82) is 0 Å². The van der Waals surface area contributed by atoms with Gasteiger partial charge in [0.15, 0.2) is 5.65 Å². The molecule has 0 saturated carbocycles. The van der Waals surface area contributed by atoms with Crippen LogP contribution in [0.4, 0.5) is 10.2 Å². The molecular formula is C23H22ClFN6O. The summed E-state index contributed by atoms with van der Waals surface area (Å²) in [6, 6.07) is 12.8. The topological polar surface area (TPSA) is 84.7 Å². The van der Waals surface area contributed by atoms with Gasteiger partial charge in [-0.2, -0.15) is 5.10 Å². The minimum absolute atomic E-state index is 0.104. The van der Waals surface area contributed by atoms with Gasteiger partial charge in [-0.05, 0) is 36.4 Å². The molecular weight excluding hydrogens is 431 g/mol. The lowest BCUT2D eigenvalue weighted by Gasteiger charge is -2.12. The summed E-state index contributed by atoms with van der Waals surface area (Å²) < 4.78 is 14.7. The van der Waals surface area contributed by atoms with Crippen LogP contribution in [0.5, 0.6) is 0 Å². The Morgan fingerprint density at radius 3 is 2.56 bits per heavy atom. The summed E-state index contributed by atoms with van der Waals surface area (Å²) in [5.74, 6) is 0.758. The molecule has 2 aromatic heterocycles. The number of aromatic nitrogens is 4. The van der Waals surface area contributed by atoms with E-state index in [1.165, 1.54) is 24.3 Å². The van der Waals surface area contributed by atoms with Gasteiger partial charge in [0.05, 0.1) is 22.3 Å². The van der Waals surface area contributed by atoms with Gasteiger partial charge >= 0.3 is 0 Å². The van der Waals surface area contributed by atoms with Crippen LogP contribution in [0.15, 0.2) is 54.7 Å². The maximum Gasteiger partial charge on any atom is 0.251 e. The molecule has 0 bridgehead atoms. The highest BCUT2D eigenvalue weighted by Crippen LogP contribution is 2.27. The lowest BCUT2D eigenvalue weighted by molar-refractivity contribution is 0.0955. The SMILES string of the molecule is CC(C)c1nc(NCCNC(=O)c2ccc(F)cc2)c2cnn(-c3ccccc3Cl)c2n1. The first-order valence-corrected chi connectivity index (χ1v) is 10.6. The normalized spacial score (nSPS) is 11.2. The number of carbonyl (C=O) groups excluding carboxylic acids is 1.